The van der Waals surface area contributed by atoms with E-state index in [1.807, 2.05) is 44.2 Å². The number of anilines is 1. The average Bonchev–Trinajstić information content (AvgIpc) is 2.62. The van der Waals surface area contributed by atoms with Crippen LogP contribution in [0.2, 0.25) is 0 Å². The second-order valence-corrected chi connectivity index (χ2v) is 10.7. The van der Waals surface area contributed by atoms with Crippen LogP contribution in [0.3, 0.4) is 0 Å². The summed E-state index contributed by atoms with van der Waals surface area (Å²) in [6, 6.07) is 13.0. The molecule has 6 heteroatoms. The van der Waals surface area contributed by atoms with Crippen molar-refractivity contribution in [3.05, 3.63) is 64.7 Å². The van der Waals surface area contributed by atoms with Crippen LogP contribution in [0.4, 0.5) is 5.69 Å². The number of carbonyl (C=O) groups excluding carboxylic acids is 1. The molecule has 0 saturated heterocycles. The third-order valence-electron chi connectivity index (χ3n) is 5.17. The van der Waals surface area contributed by atoms with Crippen molar-refractivity contribution in [1.82, 2.24) is 5.32 Å². The molecule has 0 aliphatic carbocycles. The van der Waals surface area contributed by atoms with Gasteiger partial charge in [0.25, 0.3) is 5.91 Å². The number of amides is 1. The number of nitrogens with zero attached hydrogens (tertiary/aromatic N) is 1. The largest absolute Gasteiger partial charge is 0.349 e. The Hall–Kier alpha value is -2.34. The van der Waals surface area contributed by atoms with Crippen LogP contribution >= 0.6 is 0 Å². The van der Waals surface area contributed by atoms with E-state index in [0.717, 1.165) is 16.7 Å². The molecule has 1 N–H and O–H groups in total. The first-order valence-electron chi connectivity index (χ1n) is 10.3. The number of aryl methyl sites for hydroxylation is 2. The zero-order valence-corrected chi connectivity index (χ0v) is 19.9. The van der Waals surface area contributed by atoms with Crippen molar-refractivity contribution in [2.45, 2.75) is 54.1 Å². The van der Waals surface area contributed by atoms with Crippen LogP contribution in [-0.2, 0) is 16.6 Å². The van der Waals surface area contributed by atoms with Crippen LogP contribution in [0.5, 0.6) is 0 Å². The number of nitrogens with one attached hydrogen (secondary N) is 1. The van der Waals surface area contributed by atoms with Gasteiger partial charge in [0.1, 0.15) is 0 Å². The van der Waals surface area contributed by atoms with Crippen molar-refractivity contribution in [1.29, 1.82) is 0 Å². The summed E-state index contributed by atoms with van der Waals surface area (Å²) in [5.41, 5.74) is 4.06. The molecule has 2 aromatic rings. The molecule has 5 nitrogen and oxygen atoms in total. The zero-order chi connectivity index (χ0) is 22.6. The van der Waals surface area contributed by atoms with Crippen molar-refractivity contribution in [2.24, 2.45) is 11.8 Å². The van der Waals surface area contributed by atoms with Gasteiger partial charge in [-0.2, -0.15) is 0 Å². The molecule has 0 spiro atoms. The maximum Gasteiger partial charge on any atom is 0.251 e. The predicted molar refractivity (Wildman–Crippen MR) is 124 cm³/mol. The van der Waals surface area contributed by atoms with Crippen LogP contribution in [0.1, 0.15) is 54.7 Å². The Morgan fingerprint density at radius 2 is 1.43 bits per heavy atom. The molecule has 2 aromatic carbocycles. The third-order valence-corrected chi connectivity index (χ3v) is 6.31. The summed E-state index contributed by atoms with van der Waals surface area (Å²) in [5.74, 6) is 0.576. The summed E-state index contributed by atoms with van der Waals surface area (Å²) < 4.78 is 26.3. The minimum Gasteiger partial charge on any atom is -0.349 e. The quantitative estimate of drug-likeness (QED) is 0.661. The highest BCUT2D eigenvalue weighted by Gasteiger charge is 2.21. The van der Waals surface area contributed by atoms with Crippen molar-refractivity contribution in [3.63, 3.8) is 0 Å². The smallest absolute Gasteiger partial charge is 0.251 e. The maximum atomic E-state index is 12.6. The van der Waals surface area contributed by atoms with E-state index < -0.39 is 10.0 Å². The van der Waals surface area contributed by atoms with E-state index >= 15 is 0 Å². The molecule has 1 amide bonds. The second-order valence-electron chi connectivity index (χ2n) is 8.80. The van der Waals surface area contributed by atoms with E-state index in [2.05, 4.69) is 33.0 Å². The SMILES string of the molecule is Cc1cc(C)cc(N(Cc2ccc(C(=O)NC(C(C)C)C(C)C)cc2)S(C)(=O)=O)c1. The second kappa shape index (κ2) is 9.65. The Bertz CT molecular complexity index is 952. The first-order valence-corrected chi connectivity index (χ1v) is 12.2. The highest BCUT2D eigenvalue weighted by atomic mass is 32.2. The van der Waals surface area contributed by atoms with Gasteiger partial charge in [-0.25, -0.2) is 8.42 Å². The zero-order valence-electron chi connectivity index (χ0n) is 19.1. The summed E-state index contributed by atoms with van der Waals surface area (Å²) in [5, 5.41) is 3.11. The van der Waals surface area contributed by atoms with E-state index in [1.165, 1.54) is 10.6 Å². The average molecular weight is 431 g/mol. The third kappa shape index (κ3) is 6.33. The summed E-state index contributed by atoms with van der Waals surface area (Å²) in [7, 11) is -3.46. The fraction of sp³-hybridized carbons (Fsp3) is 0.458. The number of benzene rings is 2. The molecular formula is C24H34N2O3S. The first-order chi connectivity index (χ1) is 13.9. The molecule has 164 valence electrons. The Morgan fingerprint density at radius 3 is 1.87 bits per heavy atom. The first kappa shape index (κ1) is 23.9. The van der Waals surface area contributed by atoms with Crippen LogP contribution < -0.4 is 9.62 Å². The Morgan fingerprint density at radius 1 is 0.933 bits per heavy atom. The molecule has 0 saturated carbocycles. The fourth-order valence-corrected chi connectivity index (χ4v) is 4.63. The predicted octanol–water partition coefficient (Wildman–Crippen LogP) is 4.68. The number of sulfonamides is 1. The van der Waals surface area contributed by atoms with Gasteiger partial charge in [-0.15, -0.1) is 0 Å². The van der Waals surface area contributed by atoms with Gasteiger partial charge in [0.05, 0.1) is 18.5 Å². The van der Waals surface area contributed by atoms with Crippen LogP contribution in [0.25, 0.3) is 0 Å². The molecule has 2 rings (SSSR count). The molecule has 0 fully saturated rings. The standard InChI is InChI=1S/C24H34N2O3S/c1-16(2)23(17(3)4)25-24(27)21-10-8-20(9-11-21)15-26(30(7,28)29)22-13-18(5)12-19(6)14-22/h8-14,16-17,23H,15H2,1-7H3,(H,25,27). The summed E-state index contributed by atoms with van der Waals surface area (Å²) in [4.78, 5) is 12.6. The molecule has 0 aromatic heterocycles. The lowest BCUT2D eigenvalue weighted by Crippen LogP contribution is -2.42. The van der Waals surface area contributed by atoms with Crippen molar-refractivity contribution >= 4 is 21.6 Å². The van der Waals surface area contributed by atoms with Gasteiger partial charge < -0.3 is 5.32 Å². The number of carbonyl (C=O) groups is 1. The minimum absolute atomic E-state index is 0.0995. The van der Waals surface area contributed by atoms with Gasteiger partial charge in [0.15, 0.2) is 0 Å². The van der Waals surface area contributed by atoms with Gasteiger partial charge in [-0.1, -0.05) is 45.9 Å². The molecule has 0 radical (unpaired) electrons. The topological polar surface area (TPSA) is 66.5 Å². The van der Waals surface area contributed by atoms with E-state index in [4.69, 9.17) is 0 Å². The van der Waals surface area contributed by atoms with Crippen LogP contribution in [0, 0.1) is 25.7 Å². The molecule has 0 aliphatic heterocycles. The molecule has 0 heterocycles. The molecular weight excluding hydrogens is 396 g/mol. The maximum absolute atomic E-state index is 12.6. The Labute approximate surface area is 181 Å². The number of hydrogen-bond acceptors (Lipinski definition) is 3. The van der Waals surface area contributed by atoms with Crippen molar-refractivity contribution in [2.75, 3.05) is 10.6 Å². The Kier molecular flexibility index (Phi) is 7.70. The molecule has 0 aliphatic rings. The monoisotopic (exact) mass is 430 g/mol. The van der Waals surface area contributed by atoms with Gasteiger partial charge in [0, 0.05) is 11.6 Å². The number of hydrogen-bond donors (Lipinski definition) is 1. The van der Waals surface area contributed by atoms with Crippen LogP contribution in [0.15, 0.2) is 42.5 Å². The van der Waals surface area contributed by atoms with Gasteiger partial charge in [-0.05, 0) is 66.6 Å². The van der Waals surface area contributed by atoms with E-state index in [0.29, 0.717) is 23.1 Å². The van der Waals surface area contributed by atoms with Crippen LogP contribution in [-0.4, -0.2) is 26.6 Å². The van der Waals surface area contributed by atoms with E-state index in [9.17, 15) is 13.2 Å². The number of rotatable bonds is 8. The van der Waals surface area contributed by atoms with Gasteiger partial charge in [-0.3, -0.25) is 9.10 Å². The lowest BCUT2D eigenvalue weighted by Gasteiger charge is -2.26. The lowest BCUT2D eigenvalue weighted by molar-refractivity contribution is 0.0910. The minimum atomic E-state index is -3.46. The molecule has 30 heavy (non-hydrogen) atoms. The highest BCUT2D eigenvalue weighted by Crippen LogP contribution is 2.24. The van der Waals surface area contributed by atoms with Crippen molar-refractivity contribution < 1.29 is 13.2 Å². The molecule has 0 atom stereocenters. The molecule has 0 bridgehead atoms. The summed E-state index contributed by atoms with van der Waals surface area (Å²) in [6.45, 7) is 12.5. The summed E-state index contributed by atoms with van der Waals surface area (Å²) >= 11 is 0. The van der Waals surface area contributed by atoms with Crippen molar-refractivity contribution in [3.8, 4) is 0 Å². The van der Waals surface area contributed by atoms with E-state index in [-0.39, 0.29) is 18.5 Å². The van der Waals surface area contributed by atoms with Gasteiger partial charge in [0.2, 0.25) is 10.0 Å². The lowest BCUT2D eigenvalue weighted by atomic mass is 9.93. The molecule has 0 unspecified atom stereocenters. The Balaban J connectivity index is 2.23. The summed E-state index contributed by atoms with van der Waals surface area (Å²) in [6.07, 6.45) is 1.21. The highest BCUT2D eigenvalue weighted by molar-refractivity contribution is 7.92. The normalized spacial score (nSPS) is 11.9. The van der Waals surface area contributed by atoms with E-state index in [1.54, 1.807) is 12.1 Å². The van der Waals surface area contributed by atoms with Gasteiger partial charge >= 0.3 is 0 Å². The fourth-order valence-electron chi connectivity index (χ4n) is 3.76.